The quantitative estimate of drug-likeness (QED) is 0.476. The average Bonchev–Trinajstić information content (AvgIpc) is 2.86. The van der Waals surface area contributed by atoms with Gasteiger partial charge in [-0.1, -0.05) is 0 Å². The molecule has 1 saturated carbocycles. The van der Waals surface area contributed by atoms with E-state index in [-0.39, 0.29) is 23.9 Å². The van der Waals surface area contributed by atoms with Crippen molar-refractivity contribution < 1.29 is 14.3 Å². The second-order valence-corrected chi connectivity index (χ2v) is 9.49. The van der Waals surface area contributed by atoms with Crippen molar-refractivity contribution in [3.8, 4) is 5.88 Å². The van der Waals surface area contributed by atoms with Gasteiger partial charge in [-0.05, 0) is 60.4 Å². The molecule has 0 radical (unpaired) electrons. The molecule has 0 spiro atoms. The van der Waals surface area contributed by atoms with E-state index >= 15 is 0 Å². The maximum atomic E-state index is 12.4. The number of hydrogen-bond acceptors (Lipinski definition) is 8. The van der Waals surface area contributed by atoms with Crippen molar-refractivity contribution >= 4 is 45.2 Å². The van der Waals surface area contributed by atoms with Gasteiger partial charge in [0.2, 0.25) is 11.7 Å². The lowest BCUT2D eigenvalue weighted by molar-refractivity contribution is 0.0881. The highest BCUT2D eigenvalue weighted by Gasteiger charge is 2.26. The van der Waals surface area contributed by atoms with Crippen molar-refractivity contribution in [2.24, 2.45) is 0 Å². The van der Waals surface area contributed by atoms with Gasteiger partial charge >= 0.3 is 0 Å². The molecule has 0 atom stereocenters. The van der Waals surface area contributed by atoms with Gasteiger partial charge in [0.25, 0.3) is 5.91 Å². The molecule has 9 nitrogen and oxygen atoms in total. The predicted molar refractivity (Wildman–Crippen MR) is 131 cm³/mol. The molecule has 3 aromatic heterocycles. The van der Waals surface area contributed by atoms with Gasteiger partial charge < -0.3 is 19.7 Å². The number of hydrogen-bond donors (Lipinski definition) is 1. The summed E-state index contributed by atoms with van der Waals surface area (Å²) in [4.78, 5) is 32.1. The Hall–Kier alpha value is -2.60. The average molecular weight is 560 g/mol. The number of amides is 1. The summed E-state index contributed by atoms with van der Waals surface area (Å²) >= 11 is 2.26. The fourth-order valence-electron chi connectivity index (χ4n) is 4.25. The molecule has 2 fully saturated rings. The minimum absolute atomic E-state index is 0.0413. The van der Waals surface area contributed by atoms with Gasteiger partial charge in [-0.3, -0.25) is 9.78 Å². The Morgan fingerprint density at radius 1 is 1.09 bits per heavy atom. The zero-order valence-electron chi connectivity index (χ0n) is 18.1. The largest absolute Gasteiger partial charge is 0.474 e. The Morgan fingerprint density at radius 2 is 1.85 bits per heavy atom. The number of halogens is 1. The number of rotatable bonds is 5. The number of pyridine rings is 2. The van der Waals surface area contributed by atoms with E-state index in [1.165, 1.54) is 0 Å². The van der Waals surface area contributed by atoms with Crippen LogP contribution in [0.1, 0.15) is 36.3 Å². The van der Waals surface area contributed by atoms with Gasteiger partial charge in [0, 0.05) is 47.4 Å². The topological polar surface area (TPSA) is 102 Å². The van der Waals surface area contributed by atoms with Crippen LogP contribution in [-0.2, 0) is 4.74 Å². The summed E-state index contributed by atoms with van der Waals surface area (Å²) in [5.41, 5.74) is 0.880. The summed E-state index contributed by atoms with van der Waals surface area (Å²) < 4.78 is 13.0. The van der Waals surface area contributed by atoms with Gasteiger partial charge in [-0.2, -0.15) is 4.98 Å². The molecule has 1 N–H and O–H groups in total. The summed E-state index contributed by atoms with van der Waals surface area (Å²) in [6, 6.07) is 5.89. The number of carbonyl (C=O) groups excluding carboxylic acids is 1. The third-order valence-electron chi connectivity index (χ3n) is 5.99. The fraction of sp³-hybridized carbons (Fsp3) is 0.435. The molecular weight excluding hydrogens is 535 g/mol. The Balaban J connectivity index is 1.28. The number of fused-ring (bicyclic) bond motifs is 1. The molecule has 2 aliphatic rings. The minimum Gasteiger partial charge on any atom is -0.474 e. The molecule has 1 aliphatic carbocycles. The van der Waals surface area contributed by atoms with Crippen molar-refractivity contribution in [1.29, 1.82) is 0 Å². The van der Waals surface area contributed by atoms with E-state index in [0.717, 1.165) is 59.1 Å². The molecule has 10 heteroatoms. The van der Waals surface area contributed by atoms with E-state index in [0.29, 0.717) is 19.1 Å². The normalized spacial score (nSPS) is 21.1. The number of ether oxygens (including phenoxy) is 2. The molecule has 1 amide bonds. The second-order valence-electron chi connectivity index (χ2n) is 8.24. The zero-order valence-corrected chi connectivity index (χ0v) is 20.3. The molecule has 4 heterocycles. The highest BCUT2D eigenvalue weighted by molar-refractivity contribution is 14.1. The van der Waals surface area contributed by atoms with Gasteiger partial charge in [-0.15, -0.1) is 0 Å². The van der Waals surface area contributed by atoms with Crippen molar-refractivity contribution in [3.05, 3.63) is 46.2 Å². The zero-order chi connectivity index (χ0) is 22.6. The maximum Gasteiger partial charge on any atom is 0.289 e. The van der Waals surface area contributed by atoms with E-state index in [9.17, 15) is 4.79 Å². The van der Waals surface area contributed by atoms with Crippen molar-refractivity contribution in [1.82, 2.24) is 25.3 Å². The number of carbonyl (C=O) groups is 1. The highest BCUT2D eigenvalue weighted by Crippen LogP contribution is 2.31. The summed E-state index contributed by atoms with van der Waals surface area (Å²) in [6.45, 7) is 3.00. The Bertz CT molecular complexity index is 1120. The number of aromatic nitrogens is 4. The van der Waals surface area contributed by atoms with E-state index < -0.39 is 0 Å². The number of nitrogens with zero attached hydrogens (tertiary/aromatic N) is 5. The number of anilines is 1. The predicted octanol–water partition coefficient (Wildman–Crippen LogP) is 2.98. The lowest BCUT2D eigenvalue weighted by atomic mass is 9.93. The van der Waals surface area contributed by atoms with Crippen LogP contribution in [0.5, 0.6) is 5.88 Å². The van der Waals surface area contributed by atoms with Crippen LogP contribution >= 0.6 is 22.6 Å². The van der Waals surface area contributed by atoms with Crippen LogP contribution in [-0.4, -0.2) is 64.3 Å². The molecular formula is C23H25IN6O3. The fourth-order valence-corrected chi connectivity index (χ4v) is 4.70. The smallest absolute Gasteiger partial charge is 0.289 e. The molecule has 0 bridgehead atoms. The first-order valence-electron chi connectivity index (χ1n) is 11.2. The first-order valence-corrected chi connectivity index (χ1v) is 12.3. The first kappa shape index (κ1) is 22.2. The van der Waals surface area contributed by atoms with Crippen LogP contribution in [0.15, 0.2) is 36.8 Å². The summed E-state index contributed by atoms with van der Waals surface area (Å²) in [7, 11) is 0. The van der Waals surface area contributed by atoms with E-state index in [2.05, 4.69) is 53.8 Å². The standard InChI is InChI=1S/C23H25IN6O3/c24-15-12-18-19(27-14-15)13-20(30-8-10-32-11-9-30)29-23(18)33-17-4-2-16(3-5-17)28-22(31)21-25-6-1-7-26-21/h1,6-7,12-14,16-17H,2-5,8-11H2,(H,28,31)/t16-,17+. The third-order valence-corrected chi connectivity index (χ3v) is 6.58. The molecule has 33 heavy (non-hydrogen) atoms. The lowest BCUT2D eigenvalue weighted by Gasteiger charge is -2.31. The third kappa shape index (κ3) is 5.32. The first-order chi connectivity index (χ1) is 16.2. The number of nitrogens with one attached hydrogen (secondary N) is 1. The summed E-state index contributed by atoms with van der Waals surface area (Å²) in [6.07, 6.45) is 8.39. The molecule has 0 unspecified atom stereocenters. The lowest BCUT2D eigenvalue weighted by Crippen LogP contribution is -2.40. The van der Waals surface area contributed by atoms with E-state index in [1.54, 1.807) is 18.5 Å². The van der Waals surface area contributed by atoms with Crippen LogP contribution < -0.4 is 15.0 Å². The van der Waals surface area contributed by atoms with Gasteiger partial charge in [0.15, 0.2) is 0 Å². The van der Waals surface area contributed by atoms with Gasteiger partial charge in [0.1, 0.15) is 11.9 Å². The molecule has 0 aromatic carbocycles. The minimum atomic E-state index is -0.230. The van der Waals surface area contributed by atoms with Crippen LogP contribution in [0.4, 0.5) is 5.82 Å². The number of morpholine rings is 1. The maximum absolute atomic E-state index is 12.4. The van der Waals surface area contributed by atoms with Crippen molar-refractivity contribution in [2.45, 2.75) is 37.8 Å². The molecule has 172 valence electrons. The highest BCUT2D eigenvalue weighted by atomic mass is 127. The summed E-state index contributed by atoms with van der Waals surface area (Å²) in [5.74, 6) is 1.48. The second kappa shape index (κ2) is 10.1. The van der Waals surface area contributed by atoms with Crippen molar-refractivity contribution in [2.75, 3.05) is 31.2 Å². The van der Waals surface area contributed by atoms with E-state index in [4.69, 9.17) is 14.5 Å². The van der Waals surface area contributed by atoms with Gasteiger partial charge in [-0.25, -0.2) is 9.97 Å². The van der Waals surface area contributed by atoms with Crippen molar-refractivity contribution in [3.63, 3.8) is 0 Å². The summed E-state index contributed by atoms with van der Waals surface area (Å²) in [5, 5.41) is 3.97. The monoisotopic (exact) mass is 560 g/mol. The molecule has 5 rings (SSSR count). The van der Waals surface area contributed by atoms with Crippen LogP contribution in [0.2, 0.25) is 0 Å². The molecule has 1 aliphatic heterocycles. The van der Waals surface area contributed by atoms with Crippen LogP contribution in [0.3, 0.4) is 0 Å². The SMILES string of the molecule is O=C(N[C@H]1CC[C@@H](Oc2nc(N3CCOCC3)cc3ncc(I)cc23)CC1)c1ncccn1. The van der Waals surface area contributed by atoms with Gasteiger partial charge in [0.05, 0.1) is 24.1 Å². The van der Waals surface area contributed by atoms with E-state index in [1.807, 2.05) is 12.3 Å². The Morgan fingerprint density at radius 3 is 2.61 bits per heavy atom. The van der Waals surface area contributed by atoms with Crippen LogP contribution in [0.25, 0.3) is 10.9 Å². The molecule has 3 aromatic rings. The van der Waals surface area contributed by atoms with Crippen LogP contribution in [0, 0.1) is 3.57 Å². The Labute approximate surface area is 205 Å². The molecule has 1 saturated heterocycles. The Kier molecular flexibility index (Phi) is 6.81.